The fourth-order valence-corrected chi connectivity index (χ4v) is 1.24. The number of halogens is 3. The molecular weight excluding hydrogens is 224 g/mol. The Kier molecular flexibility index (Phi) is 5.72. The Hall–Kier alpha value is -0.710. The summed E-state index contributed by atoms with van der Waals surface area (Å²) in [5.74, 6) is -1.78. The molecule has 5 heteroatoms. The van der Waals surface area contributed by atoms with Gasteiger partial charge in [-0.25, -0.2) is 8.78 Å². The highest BCUT2D eigenvalue weighted by molar-refractivity contribution is 5.85. The van der Waals surface area contributed by atoms with Crippen LogP contribution in [-0.2, 0) is 0 Å². The quantitative estimate of drug-likeness (QED) is 0.846. The molecule has 0 fully saturated rings. The van der Waals surface area contributed by atoms with Crippen LogP contribution in [-0.4, -0.2) is 11.7 Å². The predicted molar refractivity (Wildman–Crippen MR) is 57.0 cm³/mol. The molecule has 1 aromatic carbocycles. The molecular formula is C10H14ClF2NO. The number of aliphatic hydroxyl groups excluding tert-OH is 1. The van der Waals surface area contributed by atoms with Gasteiger partial charge in [0.15, 0.2) is 11.6 Å². The van der Waals surface area contributed by atoms with E-state index in [1.807, 2.05) is 0 Å². The van der Waals surface area contributed by atoms with Crippen LogP contribution >= 0.6 is 12.4 Å². The molecule has 0 aliphatic carbocycles. The summed E-state index contributed by atoms with van der Waals surface area (Å²) in [5, 5.41) is 8.62. The molecule has 0 saturated carbocycles. The molecule has 86 valence electrons. The van der Waals surface area contributed by atoms with Crippen molar-refractivity contribution in [2.75, 3.05) is 6.61 Å². The van der Waals surface area contributed by atoms with Gasteiger partial charge in [0, 0.05) is 18.2 Å². The average Bonchev–Trinajstić information content (AvgIpc) is 2.15. The van der Waals surface area contributed by atoms with Crippen molar-refractivity contribution in [2.24, 2.45) is 5.73 Å². The van der Waals surface area contributed by atoms with Crippen LogP contribution in [0.1, 0.15) is 23.6 Å². The predicted octanol–water partition coefficient (Wildman–Crippen LogP) is 2.08. The fraction of sp³-hybridized carbons (Fsp3) is 0.400. The molecule has 0 spiro atoms. The van der Waals surface area contributed by atoms with Gasteiger partial charge in [0.25, 0.3) is 0 Å². The highest BCUT2D eigenvalue weighted by Gasteiger charge is 2.15. The van der Waals surface area contributed by atoms with Gasteiger partial charge in [-0.3, -0.25) is 0 Å². The van der Waals surface area contributed by atoms with Crippen molar-refractivity contribution in [3.8, 4) is 0 Å². The molecule has 0 aliphatic heterocycles. The Morgan fingerprint density at radius 1 is 1.33 bits per heavy atom. The molecule has 1 aromatic rings. The first kappa shape index (κ1) is 14.3. The Morgan fingerprint density at radius 2 is 1.93 bits per heavy atom. The maximum Gasteiger partial charge on any atom is 0.163 e. The second-order valence-corrected chi connectivity index (χ2v) is 3.22. The molecule has 15 heavy (non-hydrogen) atoms. The monoisotopic (exact) mass is 237 g/mol. The van der Waals surface area contributed by atoms with E-state index in [4.69, 9.17) is 10.8 Å². The van der Waals surface area contributed by atoms with Crippen LogP contribution in [0, 0.1) is 18.6 Å². The van der Waals surface area contributed by atoms with Crippen LogP contribution in [0.5, 0.6) is 0 Å². The van der Waals surface area contributed by atoms with E-state index in [9.17, 15) is 8.78 Å². The molecule has 1 unspecified atom stereocenters. The Morgan fingerprint density at radius 3 is 2.47 bits per heavy atom. The number of hydrogen-bond acceptors (Lipinski definition) is 2. The summed E-state index contributed by atoms with van der Waals surface area (Å²) >= 11 is 0. The summed E-state index contributed by atoms with van der Waals surface area (Å²) in [4.78, 5) is 0. The zero-order valence-corrected chi connectivity index (χ0v) is 9.15. The molecule has 0 heterocycles. The van der Waals surface area contributed by atoms with Crippen molar-refractivity contribution in [3.05, 3.63) is 34.9 Å². The van der Waals surface area contributed by atoms with Gasteiger partial charge in [-0.2, -0.15) is 0 Å². The summed E-state index contributed by atoms with van der Waals surface area (Å²) in [6.45, 7) is 1.34. The topological polar surface area (TPSA) is 46.2 Å². The van der Waals surface area contributed by atoms with Crippen LogP contribution < -0.4 is 5.73 Å². The standard InChI is InChI=1S/C10H13F2NO.ClH/c1-6-2-3-7(8(13)4-5-14)10(12)9(6)11;/h2-3,8,14H,4-5,13H2,1H3;1H. The summed E-state index contributed by atoms with van der Waals surface area (Å²) in [5.41, 5.74) is 5.92. The third kappa shape index (κ3) is 3.12. The van der Waals surface area contributed by atoms with Crippen molar-refractivity contribution >= 4 is 12.4 Å². The van der Waals surface area contributed by atoms with Crippen molar-refractivity contribution in [3.63, 3.8) is 0 Å². The van der Waals surface area contributed by atoms with Gasteiger partial charge in [-0.15, -0.1) is 12.4 Å². The summed E-state index contributed by atoms with van der Waals surface area (Å²) in [6.07, 6.45) is 0.222. The molecule has 0 amide bonds. The molecule has 0 radical (unpaired) electrons. The Labute approximate surface area is 93.5 Å². The van der Waals surface area contributed by atoms with E-state index in [0.29, 0.717) is 0 Å². The number of aliphatic hydroxyl groups is 1. The van der Waals surface area contributed by atoms with E-state index in [0.717, 1.165) is 0 Å². The minimum Gasteiger partial charge on any atom is -0.396 e. The van der Waals surface area contributed by atoms with Gasteiger partial charge in [0.1, 0.15) is 0 Å². The highest BCUT2D eigenvalue weighted by atomic mass is 35.5. The summed E-state index contributed by atoms with van der Waals surface area (Å²) < 4.78 is 26.4. The van der Waals surface area contributed by atoms with Gasteiger partial charge >= 0.3 is 0 Å². The van der Waals surface area contributed by atoms with E-state index in [-0.39, 0.29) is 36.6 Å². The lowest BCUT2D eigenvalue weighted by Crippen LogP contribution is -2.14. The van der Waals surface area contributed by atoms with Crippen molar-refractivity contribution in [2.45, 2.75) is 19.4 Å². The second kappa shape index (κ2) is 6.00. The molecule has 0 saturated heterocycles. The second-order valence-electron chi connectivity index (χ2n) is 3.22. The van der Waals surface area contributed by atoms with Gasteiger partial charge < -0.3 is 10.8 Å². The third-order valence-corrected chi connectivity index (χ3v) is 2.14. The molecule has 0 aromatic heterocycles. The minimum atomic E-state index is -0.911. The number of rotatable bonds is 3. The average molecular weight is 238 g/mol. The van der Waals surface area contributed by atoms with Crippen LogP contribution in [0.4, 0.5) is 8.78 Å². The molecule has 0 bridgehead atoms. The lowest BCUT2D eigenvalue weighted by atomic mass is 10.0. The Balaban J connectivity index is 0.00000196. The minimum absolute atomic E-state index is 0. The number of hydrogen-bond donors (Lipinski definition) is 2. The molecule has 0 aliphatic rings. The van der Waals surface area contributed by atoms with Crippen molar-refractivity contribution in [1.29, 1.82) is 0 Å². The lowest BCUT2D eigenvalue weighted by Gasteiger charge is -2.12. The Bertz CT molecular complexity index is 333. The summed E-state index contributed by atoms with van der Waals surface area (Å²) in [6, 6.07) is 2.27. The van der Waals surface area contributed by atoms with E-state index in [2.05, 4.69) is 0 Å². The van der Waals surface area contributed by atoms with E-state index < -0.39 is 17.7 Å². The van der Waals surface area contributed by atoms with E-state index in [1.165, 1.54) is 19.1 Å². The lowest BCUT2D eigenvalue weighted by molar-refractivity contribution is 0.275. The van der Waals surface area contributed by atoms with E-state index >= 15 is 0 Å². The van der Waals surface area contributed by atoms with Crippen LogP contribution in [0.2, 0.25) is 0 Å². The fourth-order valence-electron chi connectivity index (χ4n) is 1.24. The van der Waals surface area contributed by atoms with Crippen molar-refractivity contribution in [1.82, 2.24) is 0 Å². The number of aryl methyl sites for hydroxylation is 1. The maximum absolute atomic E-state index is 13.3. The molecule has 3 N–H and O–H groups in total. The van der Waals surface area contributed by atoms with Gasteiger partial charge in [-0.05, 0) is 18.9 Å². The van der Waals surface area contributed by atoms with E-state index in [1.54, 1.807) is 0 Å². The highest BCUT2D eigenvalue weighted by Crippen LogP contribution is 2.21. The van der Waals surface area contributed by atoms with Gasteiger partial charge in [0.2, 0.25) is 0 Å². The molecule has 1 atom stereocenters. The molecule has 2 nitrogen and oxygen atoms in total. The zero-order chi connectivity index (χ0) is 10.7. The number of benzene rings is 1. The van der Waals surface area contributed by atoms with Crippen molar-refractivity contribution < 1.29 is 13.9 Å². The van der Waals surface area contributed by atoms with Crippen LogP contribution in [0.15, 0.2) is 12.1 Å². The van der Waals surface area contributed by atoms with Gasteiger partial charge in [0.05, 0.1) is 0 Å². The first-order chi connectivity index (χ1) is 6.57. The largest absolute Gasteiger partial charge is 0.396 e. The normalized spacial score (nSPS) is 12.1. The van der Waals surface area contributed by atoms with Gasteiger partial charge in [-0.1, -0.05) is 12.1 Å². The SMILES string of the molecule is Cc1ccc(C(N)CCO)c(F)c1F.Cl. The first-order valence-electron chi connectivity index (χ1n) is 4.39. The number of nitrogens with two attached hydrogens (primary N) is 1. The smallest absolute Gasteiger partial charge is 0.163 e. The third-order valence-electron chi connectivity index (χ3n) is 2.14. The maximum atomic E-state index is 13.3. The first-order valence-corrected chi connectivity index (χ1v) is 4.39. The zero-order valence-electron chi connectivity index (χ0n) is 8.34. The van der Waals surface area contributed by atoms with Crippen LogP contribution in [0.3, 0.4) is 0 Å². The summed E-state index contributed by atoms with van der Waals surface area (Å²) in [7, 11) is 0. The molecule has 1 rings (SSSR count). The van der Waals surface area contributed by atoms with Crippen LogP contribution in [0.25, 0.3) is 0 Å².